The molecule has 0 atom stereocenters. The van der Waals surface area contributed by atoms with Crippen molar-refractivity contribution in [3.05, 3.63) is 36.0 Å². The average molecular weight is 245 g/mol. The molecule has 2 rings (SSSR count). The van der Waals surface area contributed by atoms with Crippen molar-refractivity contribution in [2.24, 2.45) is 7.05 Å². The molecule has 96 valence electrons. The SMILES string of the molecule is Cn1cc(N)c(Oc2cccc(C(C)(C)C)c2)n1. The highest BCUT2D eigenvalue weighted by Gasteiger charge is 2.15. The van der Waals surface area contributed by atoms with E-state index in [9.17, 15) is 0 Å². The topological polar surface area (TPSA) is 53.1 Å². The Hall–Kier alpha value is -1.97. The minimum atomic E-state index is 0.0923. The molecule has 0 saturated carbocycles. The van der Waals surface area contributed by atoms with E-state index < -0.39 is 0 Å². The van der Waals surface area contributed by atoms with Crippen LogP contribution < -0.4 is 10.5 Å². The molecule has 0 amide bonds. The molecule has 18 heavy (non-hydrogen) atoms. The minimum absolute atomic E-state index is 0.0923. The summed E-state index contributed by atoms with van der Waals surface area (Å²) in [6.07, 6.45) is 1.73. The van der Waals surface area contributed by atoms with Gasteiger partial charge in [-0.1, -0.05) is 32.9 Å². The van der Waals surface area contributed by atoms with E-state index in [1.807, 2.05) is 25.2 Å². The molecule has 0 spiro atoms. The smallest absolute Gasteiger partial charge is 0.261 e. The number of anilines is 1. The molecule has 0 bridgehead atoms. The molecule has 0 saturated heterocycles. The van der Waals surface area contributed by atoms with Crippen LogP contribution >= 0.6 is 0 Å². The van der Waals surface area contributed by atoms with Crippen molar-refractivity contribution < 1.29 is 4.74 Å². The Bertz CT molecular complexity index is 552. The van der Waals surface area contributed by atoms with Gasteiger partial charge in [0.1, 0.15) is 11.4 Å². The molecule has 4 heteroatoms. The van der Waals surface area contributed by atoms with E-state index in [-0.39, 0.29) is 5.41 Å². The molecular weight excluding hydrogens is 226 g/mol. The average Bonchev–Trinajstić information content (AvgIpc) is 2.56. The van der Waals surface area contributed by atoms with Gasteiger partial charge in [0.25, 0.3) is 5.88 Å². The number of nitrogens with zero attached hydrogens (tertiary/aromatic N) is 2. The van der Waals surface area contributed by atoms with E-state index in [0.29, 0.717) is 11.6 Å². The van der Waals surface area contributed by atoms with Crippen LogP contribution in [-0.4, -0.2) is 9.78 Å². The van der Waals surface area contributed by atoms with Crippen molar-refractivity contribution >= 4 is 5.69 Å². The van der Waals surface area contributed by atoms with Crippen molar-refractivity contribution in [2.75, 3.05) is 5.73 Å². The lowest BCUT2D eigenvalue weighted by atomic mass is 9.87. The van der Waals surface area contributed by atoms with Gasteiger partial charge in [0, 0.05) is 7.05 Å². The van der Waals surface area contributed by atoms with Crippen LogP contribution in [0.3, 0.4) is 0 Å². The summed E-state index contributed by atoms with van der Waals surface area (Å²) in [6.45, 7) is 6.50. The Balaban J connectivity index is 2.27. The maximum Gasteiger partial charge on any atom is 0.261 e. The van der Waals surface area contributed by atoms with E-state index in [4.69, 9.17) is 10.5 Å². The Kier molecular flexibility index (Phi) is 3.03. The summed E-state index contributed by atoms with van der Waals surface area (Å²) in [5.41, 5.74) is 7.65. The summed E-state index contributed by atoms with van der Waals surface area (Å²) in [4.78, 5) is 0. The first kappa shape index (κ1) is 12.5. The molecule has 0 fully saturated rings. The van der Waals surface area contributed by atoms with Crippen LogP contribution in [0.5, 0.6) is 11.6 Å². The summed E-state index contributed by atoms with van der Waals surface area (Å²) >= 11 is 0. The molecule has 0 unspecified atom stereocenters. The summed E-state index contributed by atoms with van der Waals surface area (Å²) in [5.74, 6) is 1.20. The van der Waals surface area contributed by atoms with Crippen LogP contribution in [0.4, 0.5) is 5.69 Å². The number of aryl methyl sites for hydroxylation is 1. The standard InChI is InChI=1S/C14H19N3O/c1-14(2,3)10-6-5-7-11(8-10)18-13-12(15)9-17(4)16-13/h5-9H,15H2,1-4H3. The number of hydrogen-bond donors (Lipinski definition) is 1. The molecule has 2 aromatic rings. The predicted molar refractivity (Wildman–Crippen MR) is 72.8 cm³/mol. The normalized spacial score (nSPS) is 11.6. The molecule has 0 aliphatic heterocycles. The second-order valence-electron chi connectivity index (χ2n) is 5.44. The van der Waals surface area contributed by atoms with Gasteiger partial charge in [-0.05, 0) is 23.1 Å². The quantitative estimate of drug-likeness (QED) is 0.884. The first-order chi connectivity index (χ1) is 8.36. The number of nitrogen functional groups attached to an aromatic ring is 1. The zero-order valence-electron chi connectivity index (χ0n) is 11.3. The van der Waals surface area contributed by atoms with E-state index in [1.165, 1.54) is 5.56 Å². The highest BCUT2D eigenvalue weighted by atomic mass is 16.5. The number of rotatable bonds is 2. The van der Waals surface area contributed by atoms with E-state index in [0.717, 1.165) is 5.75 Å². The van der Waals surface area contributed by atoms with Gasteiger partial charge in [0.15, 0.2) is 0 Å². The van der Waals surface area contributed by atoms with Crippen LogP contribution in [-0.2, 0) is 12.5 Å². The third-order valence-electron chi connectivity index (χ3n) is 2.74. The highest BCUT2D eigenvalue weighted by molar-refractivity contribution is 5.48. The second-order valence-corrected chi connectivity index (χ2v) is 5.44. The van der Waals surface area contributed by atoms with Gasteiger partial charge in [-0.25, -0.2) is 0 Å². The van der Waals surface area contributed by atoms with Crippen molar-refractivity contribution in [3.8, 4) is 11.6 Å². The number of benzene rings is 1. The molecular formula is C14H19N3O. The summed E-state index contributed by atoms with van der Waals surface area (Å²) < 4.78 is 7.35. The molecule has 0 aliphatic carbocycles. The Labute approximate surface area is 107 Å². The van der Waals surface area contributed by atoms with Crippen LogP contribution in [0.25, 0.3) is 0 Å². The van der Waals surface area contributed by atoms with Crippen LogP contribution in [0.1, 0.15) is 26.3 Å². The Morgan fingerprint density at radius 2 is 2.00 bits per heavy atom. The summed E-state index contributed by atoms with van der Waals surface area (Å²) in [6, 6.07) is 8.00. The van der Waals surface area contributed by atoms with Gasteiger partial charge in [-0.3, -0.25) is 4.68 Å². The zero-order valence-corrected chi connectivity index (χ0v) is 11.3. The molecule has 2 N–H and O–H groups in total. The van der Waals surface area contributed by atoms with Crippen LogP contribution in [0.15, 0.2) is 30.5 Å². The first-order valence-corrected chi connectivity index (χ1v) is 5.94. The predicted octanol–water partition coefficient (Wildman–Crippen LogP) is 3.09. The first-order valence-electron chi connectivity index (χ1n) is 5.94. The van der Waals surface area contributed by atoms with E-state index in [2.05, 4.69) is 31.9 Å². The van der Waals surface area contributed by atoms with Gasteiger partial charge in [-0.15, -0.1) is 5.10 Å². The molecule has 1 heterocycles. The third kappa shape index (κ3) is 2.64. The largest absolute Gasteiger partial charge is 0.436 e. The zero-order chi connectivity index (χ0) is 13.3. The lowest BCUT2D eigenvalue weighted by Crippen LogP contribution is -2.10. The minimum Gasteiger partial charge on any atom is -0.436 e. The monoisotopic (exact) mass is 245 g/mol. The second kappa shape index (κ2) is 4.37. The fourth-order valence-electron chi connectivity index (χ4n) is 1.70. The fraction of sp³-hybridized carbons (Fsp3) is 0.357. The molecule has 0 aliphatic rings. The third-order valence-corrected chi connectivity index (χ3v) is 2.74. The molecule has 1 aromatic carbocycles. The van der Waals surface area contributed by atoms with Gasteiger partial charge in [0.2, 0.25) is 0 Å². The lowest BCUT2D eigenvalue weighted by Gasteiger charge is -2.19. The fourth-order valence-corrected chi connectivity index (χ4v) is 1.70. The van der Waals surface area contributed by atoms with Crippen molar-refractivity contribution in [1.29, 1.82) is 0 Å². The molecule has 1 aromatic heterocycles. The van der Waals surface area contributed by atoms with E-state index >= 15 is 0 Å². The van der Waals surface area contributed by atoms with Crippen LogP contribution in [0, 0.1) is 0 Å². The van der Waals surface area contributed by atoms with Gasteiger partial charge in [0.05, 0.1) is 6.20 Å². The summed E-state index contributed by atoms with van der Waals surface area (Å²) in [5, 5.41) is 4.17. The van der Waals surface area contributed by atoms with E-state index in [1.54, 1.807) is 10.9 Å². The summed E-state index contributed by atoms with van der Waals surface area (Å²) in [7, 11) is 1.81. The van der Waals surface area contributed by atoms with Crippen molar-refractivity contribution in [1.82, 2.24) is 9.78 Å². The van der Waals surface area contributed by atoms with Crippen molar-refractivity contribution in [2.45, 2.75) is 26.2 Å². The van der Waals surface area contributed by atoms with Crippen LogP contribution in [0.2, 0.25) is 0 Å². The number of nitrogens with two attached hydrogens (primary N) is 1. The number of hydrogen-bond acceptors (Lipinski definition) is 3. The molecule has 0 radical (unpaired) electrons. The number of aromatic nitrogens is 2. The molecule has 4 nitrogen and oxygen atoms in total. The van der Waals surface area contributed by atoms with Gasteiger partial charge < -0.3 is 10.5 Å². The maximum absolute atomic E-state index is 5.80. The highest BCUT2D eigenvalue weighted by Crippen LogP contribution is 2.29. The van der Waals surface area contributed by atoms with Crippen molar-refractivity contribution in [3.63, 3.8) is 0 Å². The Morgan fingerprint density at radius 3 is 2.56 bits per heavy atom. The lowest BCUT2D eigenvalue weighted by molar-refractivity contribution is 0.453. The number of ether oxygens (including phenoxy) is 1. The van der Waals surface area contributed by atoms with Gasteiger partial charge >= 0.3 is 0 Å². The Morgan fingerprint density at radius 1 is 1.28 bits per heavy atom. The van der Waals surface area contributed by atoms with Gasteiger partial charge in [-0.2, -0.15) is 0 Å². The maximum atomic E-state index is 5.80.